The molecular formula is C20H17F2N3O. The highest BCUT2D eigenvalue weighted by Crippen LogP contribution is 2.12. The molecule has 0 aliphatic rings. The second-order valence-corrected chi connectivity index (χ2v) is 5.77. The van der Waals surface area contributed by atoms with Crippen molar-refractivity contribution in [1.29, 1.82) is 0 Å². The Hall–Kier alpha value is -3.28. The van der Waals surface area contributed by atoms with Gasteiger partial charge in [0.1, 0.15) is 17.5 Å². The van der Waals surface area contributed by atoms with Gasteiger partial charge in [0.15, 0.2) is 0 Å². The summed E-state index contributed by atoms with van der Waals surface area (Å²) in [6.45, 7) is 0.535. The second kappa shape index (κ2) is 8.20. The lowest BCUT2D eigenvalue weighted by atomic mass is 10.1. The van der Waals surface area contributed by atoms with E-state index in [0.717, 1.165) is 11.3 Å². The van der Waals surface area contributed by atoms with Gasteiger partial charge in [-0.15, -0.1) is 0 Å². The minimum Gasteiger partial charge on any atom is -0.380 e. The number of nitrogens with zero attached hydrogens (tertiary/aromatic N) is 1. The fourth-order valence-corrected chi connectivity index (χ4v) is 2.40. The molecule has 1 heterocycles. The summed E-state index contributed by atoms with van der Waals surface area (Å²) in [7, 11) is 0. The molecule has 0 unspecified atom stereocenters. The molecule has 0 saturated heterocycles. The molecule has 0 spiro atoms. The number of benzene rings is 2. The van der Waals surface area contributed by atoms with Gasteiger partial charge >= 0.3 is 0 Å². The summed E-state index contributed by atoms with van der Waals surface area (Å²) in [5, 5.41) is 5.84. The molecule has 132 valence electrons. The number of carbonyl (C=O) groups is 1. The van der Waals surface area contributed by atoms with Crippen LogP contribution in [0.25, 0.3) is 0 Å². The Morgan fingerprint density at radius 1 is 0.923 bits per heavy atom. The third kappa shape index (κ3) is 5.11. The molecule has 0 aliphatic heterocycles. The Morgan fingerprint density at radius 2 is 1.73 bits per heavy atom. The molecular weight excluding hydrogens is 336 g/mol. The van der Waals surface area contributed by atoms with Crippen molar-refractivity contribution in [2.75, 3.05) is 10.6 Å². The van der Waals surface area contributed by atoms with Crippen LogP contribution in [0.3, 0.4) is 0 Å². The molecule has 2 aromatic carbocycles. The average Bonchev–Trinajstić information content (AvgIpc) is 2.62. The van der Waals surface area contributed by atoms with Crippen LogP contribution in [0.5, 0.6) is 0 Å². The van der Waals surface area contributed by atoms with Crippen molar-refractivity contribution in [3.63, 3.8) is 0 Å². The van der Waals surface area contributed by atoms with Crippen molar-refractivity contribution >= 4 is 17.4 Å². The maximum Gasteiger partial charge on any atom is 0.229 e. The number of aromatic nitrogens is 1. The lowest BCUT2D eigenvalue weighted by Crippen LogP contribution is -2.15. The third-order valence-electron chi connectivity index (χ3n) is 3.69. The first-order chi connectivity index (χ1) is 12.6. The van der Waals surface area contributed by atoms with Crippen LogP contribution >= 0.6 is 0 Å². The zero-order chi connectivity index (χ0) is 18.4. The molecule has 2 N–H and O–H groups in total. The molecule has 4 nitrogen and oxygen atoms in total. The first-order valence-corrected chi connectivity index (χ1v) is 8.07. The molecule has 1 amide bonds. The van der Waals surface area contributed by atoms with Gasteiger partial charge in [0.25, 0.3) is 0 Å². The van der Waals surface area contributed by atoms with E-state index in [1.54, 1.807) is 42.6 Å². The van der Waals surface area contributed by atoms with E-state index in [9.17, 15) is 13.6 Å². The number of amides is 1. The minimum absolute atomic E-state index is 0.0734. The molecule has 0 saturated carbocycles. The predicted molar refractivity (Wildman–Crippen MR) is 96.7 cm³/mol. The summed E-state index contributed by atoms with van der Waals surface area (Å²) in [5.74, 6) is -0.493. The van der Waals surface area contributed by atoms with Gasteiger partial charge in [0.05, 0.1) is 18.3 Å². The SMILES string of the molecule is O=C(Cc1cccc(F)c1)Nc1ccc(NCc2ccc(F)cc2)cn1. The van der Waals surface area contributed by atoms with Crippen LogP contribution in [0.15, 0.2) is 66.9 Å². The molecule has 0 fully saturated rings. The van der Waals surface area contributed by atoms with E-state index in [-0.39, 0.29) is 24.0 Å². The summed E-state index contributed by atoms with van der Waals surface area (Å²) in [6.07, 6.45) is 1.67. The Morgan fingerprint density at radius 3 is 2.42 bits per heavy atom. The molecule has 6 heteroatoms. The van der Waals surface area contributed by atoms with Gasteiger partial charge in [0, 0.05) is 6.54 Å². The van der Waals surface area contributed by atoms with E-state index >= 15 is 0 Å². The zero-order valence-electron chi connectivity index (χ0n) is 13.9. The predicted octanol–water partition coefficient (Wildman–Crippen LogP) is 4.15. The molecule has 26 heavy (non-hydrogen) atoms. The standard InChI is InChI=1S/C20H17F2N3O/c21-16-6-4-14(5-7-16)12-23-18-8-9-19(24-13-18)25-20(26)11-15-2-1-3-17(22)10-15/h1-10,13,23H,11-12H2,(H,24,25,26). The lowest BCUT2D eigenvalue weighted by molar-refractivity contribution is -0.115. The Labute approximate surface area is 149 Å². The van der Waals surface area contributed by atoms with Crippen molar-refractivity contribution in [3.8, 4) is 0 Å². The van der Waals surface area contributed by atoms with Crippen LogP contribution in [-0.2, 0) is 17.8 Å². The monoisotopic (exact) mass is 353 g/mol. The normalized spacial score (nSPS) is 10.4. The number of nitrogens with one attached hydrogen (secondary N) is 2. The van der Waals surface area contributed by atoms with Gasteiger partial charge in [-0.25, -0.2) is 13.8 Å². The van der Waals surface area contributed by atoms with E-state index in [1.807, 2.05) is 0 Å². The van der Waals surface area contributed by atoms with E-state index in [1.165, 1.54) is 24.3 Å². The van der Waals surface area contributed by atoms with E-state index < -0.39 is 0 Å². The number of hydrogen-bond donors (Lipinski definition) is 2. The summed E-state index contributed by atoms with van der Waals surface area (Å²) >= 11 is 0. The van der Waals surface area contributed by atoms with Crippen molar-refractivity contribution in [3.05, 3.63) is 89.6 Å². The number of pyridine rings is 1. The van der Waals surface area contributed by atoms with Crippen LogP contribution in [0.4, 0.5) is 20.3 Å². The van der Waals surface area contributed by atoms with Gasteiger partial charge < -0.3 is 10.6 Å². The van der Waals surface area contributed by atoms with Crippen LogP contribution in [0.1, 0.15) is 11.1 Å². The van der Waals surface area contributed by atoms with Gasteiger partial charge in [-0.1, -0.05) is 24.3 Å². The van der Waals surface area contributed by atoms with E-state index in [2.05, 4.69) is 15.6 Å². The highest BCUT2D eigenvalue weighted by molar-refractivity contribution is 5.91. The highest BCUT2D eigenvalue weighted by Gasteiger charge is 2.06. The fraction of sp³-hybridized carbons (Fsp3) is 0.100. The third-order valence-corrected chi connectivity index (χ3v) is 3.69. The molecule has 3 rings (SSSR count). The van der Waals surface area contributed by atoms with Crippen LogP contribution in [0.2, 0.25) is 0 Å². The quantitative estimate of drug-likeness (QED) is 0.700. The van der Waals surface area contributed by atoms with Crippen LogP contribution < -0.4 is 10.6 Å². The topological polar surface area (TPSA) is 54.0 Å². The summed E-state index contributed by atoms with van der Waals surface area (Å²) < 4.78 is 26.0. The maximum atomic E-state index is 13.1. The van der Waals surface area contributed by atoms with Crippen molar-refractivity contribution in [1.82, 2.24) is 4.98 Å². The molecule has 3 aromatic rings. The summed E-state index contributed by atoms with van der Waals surface area (Å²) in [4.78, 5) is 16.2. The number of hydrogen-bond acceptors (Lipinski definition) is 3. The van der Waals surface area contributed by atoms with E-state index in [0.29, 0.717) is 17.9 Å². The Bertz CT molecular complexity index is 880. The molecule has 1 aromatic heterocycles. The molecule has 0 radical (unpaired) electrons. The number of halogens is 2. The molecule has 0 aliphatic carbocycles. The average molecular weight is 353 g/mol. The molecule has 0 bridgehead atoms. The smallest absolute Gasteiger partial charge is 0.229 e. The first kappa shape index (κ1) is 17.5. The zero-order valence-corrected chi connectivity index (χ0v) is 13.9. The Balaban J connectivity index is 1.52. The van der Waals surface area contributed by atoms with E-state index in [4.69, 9.17) is 0 Å². The number of anilines is 2. The van der Waals surface area contributed by atoms with Crippen molar-refractivity contribution in [2.45, 2.75) is 13.0 Å². The van der Waals surface area contributed by atoms with Crippen molar-refractivity contribution in [2.24, 2.45) is 0 Å². The summed E-state index contributed by atoms with van der Waals surface area (Å²) in [6, 6.07) is 15.6. The minimum atomic E-state index is -0.370. The maximum absolute atomic E-state index is 13.1. The van der Waals surface area contributed by atoms with Gasteiger partial charge in [0.2, 0.25) is 5.91 Å². The lowest BCUT2D eigenvalue weighted by Gasteiger charge is -2.08. The van der Waals surface area contributed by atoms with Crippen LogP contribution in [0, 0.1) is 11.6 Å². The fourth-order valence-electron chi connectivity index (χ4n) is 2.40. The Kier molecular flexibility index (Phi) is 5.53. The summed E-state index contributed by atoms with van der Waals surface area (Å²) in [5.41, 5.74) is 2.32. The van der Waals surface area contributed by atoms with Crippen molar-refractivity contribution < 1.29 is 13.6 Å². The van der Waals surface area contributed by atoms with Gasteiger partial charge in [-0.05, 0) is 47.5 Å². The largest absolute Gasteiger partial charge is 0.380 e. The van der Waals surface area contributed by atoms with Gasteiger partial charge in [-0.3, -0.25) is 4.79 Å². The number of carbonyl (C=O) groups excluding carboxylic acids is 1. The second-order valence-electron chi connectivity index (χ2n) is 5.77. The van der Waals surface area contributed by atoms with Gasteiger partial charge in [-0.2, -0.15) is 0 Å². The first-order valence-electron chi connectivity index (χ1n) is 8.07. The highest BCUT2D eigenvalue weighted by atomic mass is 19.1. The molecule has 0 atom stereocenters. The number of rotatable bonds is 6. The van der Waals surface area contributed by atoms with Crippen LogP contribution in [-0.4, -0.2) is 10.9 Å².